The minimum atomic E-state index is -0.414. The van der Waals surface area contributed by atoms with Gasteiger partial charge in [-0.2, -0.15) is 5.10 Å². The molecule has 2 N–H and O–H groups in total. The monoisotopic (exact) mass is 372 g/mol. The number of amides is 1. The Kier molecular flexibility index (Phi) is 5.29. The number of nitrogens with zero attached hydrogens (tertiary/aromatic N) is 2. The third-order valence-corrected chi connectivity index (χ3v) is 4.51. The molecule has 2 heterocycles. The molecule has 4 rings (SSSR count). The van der Waals surface area contributed by atoms with Crippen LogP contribution in [0.5, 0.6) is 0 Å². The van der Waals surface area contributed by atoms with E-state index < -0.39 is 6.09 Å². The average Bonchev–Trinajstić information content (AvgIpc) is 3.28. The summed E-state index contributed by atoms with van der Waals surface area (Å²) in [6.45, 7) is 0.759. The predicted octanol–water partition coefficient (Wildman–Crippen LogP) is 4.09. The molecule has 0 unspecified atom stereocenters. The zero-order valence-electron chi connectivity index (χ0n) is 15.3. The van der Waals surface area contributed by atoms with E-state index in [-0.39, 0.29) is 6.61 Å². The van der Waals surface area contributed by atoms with Crippen molar-refractivity contribution in [1.29, 1.82) is 0 Å². The van der Waals surface area contributed by atoms with E-state index in [2.05, 4.69) is 26.6 Å². The van der Waals surface area contributed by atoms with Gasteiger partial charge in [0.2, 0.25) is 0 Å². The van der Waals surface area contributed by atoms with Gasteiger partial charge in [-0.1, -0.05) is 42.5 Å². The van der Waals surface area contributed by atoms with Crippen LogP contribution in [0.3, 0.4) is 0 Å². The van der Waals surface area contributed by atoms with E-state index in [0.29, 0.717) is 13.0 Å². The lowest BCUT2D eigenvalue weighted by Gasteiger charge is -2.09. The summed E-state index contributed by atoms with van der Waals surface area (Å²) in [5.41, 5.74) is 4.90. The number of alkyl carbamates (subject to hydrolysis) is 1. The molecule has 0 bridgehead atoms. The number of fused-ring (bicyclic) bond motifs is 1. The second-order valence-electron chi connectivity index (χ2n) is 6.40. The molecule has 140 valence electrons. The second-order valence-corrected chi connectivity index (χ2v) is 6.40. The fraction of sp³-hybridized carbons (Fsp3) is 0.136. The van der Waals surface area contributed by atoms with Crippen molar-refractivity contribution in [2.45, 2.75) is 13.0 Å². The summed E-state index contributed by atoms with van der Waals surface area (Å²) in [4.78, 5) is 16.4. The summed E-state index contributed by atoms with van der Waals surface area (Å²) in [6, 6.07) is 19.6. The highest BCUT2D eigenvalue weighted by molar-refractivity contribution is 5.86. The lowest BCUT2D eigenvalue weighted by Crippen LogP contribution is -2.26. The number of carbonyl (C=O) groups is 1. The van der Waals surface area contributed by atoms with Crippen molar-refractivity contribution in [2.75, 3.05) is 6.54 Å². The van der Waals surface area contributed by atoms with Gasteiger partial charge in [0.15, 0.2) is 0 Å². The van der Waals surface area contributed by atoms with Crippen molar-refractivity contribution in [3.8, 4) is 11.3 Å². The molecule has 0 saturated heterocycles. The van der Waals surface area contributed by atoms with Crippen LogP contribution in [0.1, 0.15) is 11.1 Å². The van der Waals surface area contributed by atoms with Crippen molar-refractivity contribution in [2.24, 2.45) is 0 Å². The maximum Gasteiger partial charge on any atom is 0.407 e. The molecule has 2 aromatic carbocycles. The molecule has 0 aliphatic heterocycles. The van der Waals surface area contributed by atoms with Crippen molar-refractivity contribution >= 4 is 17.0 Å². The van der Waals surface area contributed by atoms with E-state index in [1.54, 1.807) is 12.4 Å². The minimum Gasteiger partial charge on any atom is -0.445 e. The van der Waals surface area contributed by atoms with Gasteiger partial charge in [-0.05, 0) is 35.7 Å². The molecule has 2 aromatic heterocycles. The van der Waals surface area contributed by atoms with Gasteiger partial charge in [-0.25, -0.2) is 4.79 Å². The number of pyridine rings is 1. The van der Waals surface area contributed by atoms with Gasteiger partial charge in [0.1, 0.15) is 6.61 Å². The van der Waals surface area contributed by atoms with Gasteiger partial charge >= 0.3 is 6.09 Å². The standard InChI is InChI=1S/C22H20N4O2/c27-22(28-15-16-4-2-1-3-5-16)24-12-9-17-8-11-23-21-14-18(6-7-19(17)21)20-10-13-25-26-20/h1-8,10-11,13-14H,9,12,15H2,(H,24,27)(H,25,26). The van der Waals surface area contributed by atoms with Crippen molar-refractivity contribution < 1.29 is 9.53 Å². The van der Waals surface area contributed by atoms with Crippen molar-refractivity contribution in [3.63, 3.8) is 0 Å². The molecule has 1 amide bonds. The Bertz CT molecular complexity index is 1060. The number of carbonyl (C=O) groups excluding carboxylic acids is 1. The molecule has 6 nitrogen and oxygen atoms in total. The smallest absolute Gasteiger partial charge is 0.407 e. The third kappa shape index (κ3) is 4.17. The number of rotatable bonds is 6. The number of nitrogens with one attached hydrogen (secondary N) is 2. The Hall–Kier alpha value is -3.67. The van der Waals surface area contributed by atoms with E-state index in [9.17, 15) is 4.79 Å². The van der Waals surface area contributed by atoms with Crippen LogP contribution in [0.15, 0.2) is 73.1 Å². The van der Waals surface area contributed by atoms with Gasteiger partial charge in [0, 0.05) is 29.9 Å². The Morgan fingerprint density at radius 2 is 1.96 bits per heavy atom. The summed E-state index contributed by atoms with van der Waals surface area (Å²) < 4.78 is 5.24. The Labute approximate surface area is 162 Å². The number of aromatic amines is 1. The van der Waals surface area contributed by atoms with Crippen LogP contribution in [0.4, 0.5) is 4.79 Å². The maximum atomic E-state index is 11.9. The zero-order chi connectivity index (χ0) is 19.2. The lowest BCUT2D eigenvalue weighted by molar-refractivity contribution is 0.140. The highest BCUT2D eigenvalue weighted by Crippen LogP contribution is 2.24. The van der Waals surface area contributed by atoms with Gasteiger partial charge in [-0.3, -0.25) is 10.1 Å². The first-order valence-electron chi connectivity index (χ1n) is 9.12. The first kappa shape index (κ1) is 17.7. The molecular weight excluding hydrogens is 352 g/mol. The second kappa shape index (κ2) is 8.35. The van der Waals surface area contributed by atoms with Gasteiger partial charge in [0.05, 0.1) is 11.2 Å². The number of hydrogen-bond donors (Lipinski definition) is 2. The number of aromatic nitrogens is 3. The molecule has 28 heavy (non-hydrogen) atoms. The normalized spacial score (nSPS) is 10.7. The molecule has 0 radical (unpaired) electrons. The van der Waals surface area contributed by atoms with Crippen LogP contribution in [-0.2, 0) is 17.8 Å². The molecule has 0 spiro atoms. The number of hydrogen-bond acceptors (Lipinski definition) is 4. The Morgan fingerprint density at radius 3 is 2.79 bits per heavy atom. The summed E-state index contributed by atoms with van der Waals surface area (Å²) in [5.74, 6) is 0. The fourth-order valence-electron chi connectivity index (χ4n) is 3.08. The summed E-state index contributed by atoms with van der Waals surface area (Å²) >= 11 is 0. The van der Waals surface area contributed by atoms with Gasteiger partial charge in [0.25, 0.3) is 0 Å². The van der Waals surface area contributed by atoms with E-state index in [0.717, 1.165) is 33.3 Å². The van der Waals surface area contributed by atoms with Gasteiger partial charge in [-0.15, -0.1) is 0 Å². The summed E-state index contributed by atoms with van der Waals surface area (Å²) in [6.07, 6.45) is 3.87. The van der Waals surface area contributed by atoms with Crippen LogP contribution < -0.4 is 5.32 Å². The summed E-state index contributed by atoms with van der Waals surface area (Å²) in [5, 5.41) is 10.9. The van der Waals surface area contributed by atoms with E-state index in [1.807, 2.05) is 54.6 Å². The van der Waals surface area contributed by atoms with E-state index in [4.69, 9.17) is 4.74 Å². The molecule has 6 heteroatoms. The minimum absolute atomic E-state index is 0.265. The van der Waals surface area contributed by atoms with Crippen LogP contribution >= 0.6 is 0 Å². The predicted molar refractivity (Wildman–Crippen MR) is 108 cm³/mol. The Morgan fingerprint density at radius 1 is 1.07 bits per heavy atom. The maximum absolute atomic E-state index is 11.9. The van der Waals surface area contributed by atoms with E-state index in [1.165, 1.54) is 0 Å². The van der Waals surface area contributed by atoms with Crippen LogP contribution in [0, 0.1) is 0 Å². The third-order valence-electron chi connectivity index (χ3n) is 4.51. The van der Waals surface area contributed by atoms with Crippen molar-refractivity contribution in [3.05, 3.63) is 84.2 Å². The lowest BCUT2D eigenvalue weighted by atomic mass is 10.0. The zero-order valence-corrected chi connectivity index (χ0v) is 15.3. The fourth-order valence-corrected chi connectivity index (χ4v) is 3.08. The van der Waals surface area contributed by atoms with Gasteiger partial charge < -0.3 is 10.1 Å². The molecule has 4 aromatic rings. The molecule has 0 saturated carbocycles. The highest BCUT2D eigenvalue weighted by atomic mass is 16.5. The first-order chi connectivity index (χ1) is 13.8. The molecule has 0 fully saturated rings. The molecule has 0 atom stereocenters. The van der Waals surface area contributed by atoms with E-state index >= 15 is 0 Å². The quantitative estimate of drug-likeness (QED) is 0.534. The molecule has 0 aliphatic rings. The molecular formula is C22H20N4O2. The molecule has 0 aliphatic carbocycles. The van der Waals surface area contributed by atoms with Crippen LogP contribution in [0.2, 0.25) is 0 Å². The van der Waals surface area contributed by atoms with Crippen LogP contribution in [-0.4, -0.2) is 27.8 Å². The number of H-pyrrole nitrogens is 1. The number of ether oxygens (including phenoxy) is 1. The van der Waals surface area contributed by atoms with Crippen LogP contribution in [0.25, 0.3) is 22.2 Å². The number of benzene rings is 2. The largest absolute Gasteiger partial charge is 0.445 e. The summed E-state index contributed by atoms with van der Waals surface area (Å²) in [7, 11) is 0. The Balaban J connectivity index is 1.36. The average molecular weight is 372 g/mol. The SMILES string of the molecule is O=C(NCCc1ccnc2cc(-c3cc[nH]n3)ccc12)OCc1ccccc1. The highest BCUT2D eigenvalue weighted by Gasteiger charge is 2.07. The van der Waals surface area contributed by atoms with Crippen molar-refractivity contribution in [1.82, 2.24) is 20.5 Å². The topological polar surface area (TPSA) is 79.9 Å². The first-order valence-corrected chi connectivity index (χ1v) is 9.12.